The second kappa shape index (κ2) is 10.7. The Morgan fingerprint density at radius 3 is 2.60 bits per heavy atom. The second-order valence-electron chi connectivity index (χ2n) is 7.39. The Morgan fingerprint density at radius 2 is 1.87 bits per heavy atom. The molecule has 0 bridgehead atoms. The summed E-state index contributed by atoms with van der Waals surface area (Å²) in [7, 11) is 3.74. The highest BCUT2D eigenvalue weighted by Crippen LogP contribution is 2.28. The maximum absolute atomic E-state index is 12.4. The largest absolute Gasteiger partial charge is 0.493 e. The molecule has 0 spiro atoms. The molecule has 1 heterocycles. The van der Waals surface area contributed by atoms with Crippen LogP contribution in [0.5, 0.6) is 11.5 Å². The summed E-state index contributed by atoms with van der Waals surface area (Å²) in [6.45, 7) is 6.45. The van der Waals surface area contributed by atoms with Gasteiger partial charge in [-0.1, -0.05) is 36.4 Å². The van der Waals surface area contributed by atoms with Gasteiger partial charge in [-0.25, -0.2) is 0 Å². The summed E-state index contributed by atoms with van der Waals surface area (Å²) in [4.78, 5) is 17.1. The monoisotopic (exact) mass is 409 g/mol. The van der Waals surface area contributed by atoms with Gasteiger partial charge in [0.15, 0.2) is 18.1 Å². The van der Waals surface area contributed by atoms with Crippen molar-refractivity contribution >= 4 is 17.7 Å². The standard InChI is InChI=1S/C24H31N3O3/c1-4-7-19-10-11-22(23(16-19)29-3)30-18-24(28)25-17-20-8-5-6-9-21(20)27-14-12-26(2)13-15-27/h4-11,16H,12-15,17-18H2,1-3H3,(H,25,28)/b7-4+. The van der Waals surface area contributed by atoms with E-state index in [1.54, 1.807) is 7.11 Å². The highest BCUT2D eigenvalue weighted by atomic mass is 16.5. The number of allylic oxidation sites excluding steroid dienone is 1. The van der Waals surface area contributed by atoms with Crippen LogP contribution in [0, 0.1) is 0 Å². The van der Waals surface area contributed by atoms with Crippen molar-refractivity contribution in [2.75, 3.05) is 51.8 Å². The first-order valence-corrected chi connectivity index (χ1v) is 10.3. The van der Waals surface area contributed by atoms with Crippen molar-refractivity contribution in [3.63, 3.8) is 0 Å². The van der Waals surface area contributed by atoms with E-state index in [0.29, 0.717) is 18.0 Å². The van der Waals surface area contributed by atoms with Gasteiger partial charge < -0.3 is 24.6 Å². The van der Waals surface area contributed by atoms with Crippen molar-refractivity contribution in [2.45, 2.75) is 13.5 Å². The van der Waals surface area contributed by atoms with Gasteiger partial charge in [-0.15, -0.1) is 0 Å². The van der Waals surface area contributed by atoms with Crippen LogP contribution >= 0.6 is 0 Å². The number of anilines is 1. The fraction of sp³-hybridized carbons (Fsp3) is 0.375. The van der Waals surface area contributed by atoms with Crippen LogP contribution < -0.4 is 19.7 Å². The van der Waals surface area contributed by atoms with Crippen LogP contribution in [0.15, 0.2) is 48.5 Å². The van der Waals surface area contributed by atoms with E-state index in [1.807, 2.05) is 49.4 Å². The van der Waals surface area contributed by atoms with Gasteiger partial charge in [0, 0.05) is 38.4 Å². The Hall–Kier alpha value is -2.99. The third kappa shape index (κ3) is 5.76. The van der Waals surface area contributed by atoms with E-state index in [-0.39, 0.29) is 12.5 Å². The highest BCUT2D eigenvalue weighted by Gasteiger charge is 2.17. The molecule has 1 N–H and O–H groups in total. The van der Waals surface area contributed by atoms with Gasteiger partial charge >= 0.3 is 0 Å². The third-order valence-corrected chi connectivity index (χ3v) is 5.22. The first kappa shape index (κ1) is 21.7. The molecule has 0 radical (unpaired) electrons. The topological polar surface area (TPSA) is 54.0 Å². The van der Waals surface area contributed by atoms with Gasteiger partial charge in [0.1, 0.15) is 0 Å². The molecule has 1 amide bonds. The first-order valence-electron chi connectivity index (χ1n) is 10.3. The van der Waals surface area contributed by atoms with Crippen LogP contribution in [0.2, 0.25) is 0 Å². The van der Waals surface area contributed by atoms with Crippen LogP contribution in [0.25, 0.3) is 6.08 Å². The molecule has 1 fully saturated rings. The van der Waals surface area contributed by atoms with E-state index in [1.165, 1.54) is 5.69 Å². The molecule has 0 unspecified atom stereocenters. The van der Waals surface area contributed by atoms with E-state index >= 15 is 0 Å². The minimum Gasteiger partial charge on any atom is -0.493 e. The highest BCUT2D eigenvalue weighted by molar-refractivity contribution is 5.78. The Kier molecular flexibility index (Phi) is 7.74. The van der Waals surface area contributed by atoms with Gasteiger partial charge in [0.25, 0.3) is 5.91 Å². The van der Waals surface area contributed by atoms with Gasteiger partial charge in [0.05, 0.1) is 7.11 Å². The lowest BCUT2D eigenvalue weighted by Gasteiger charge is -2.35. The predicted octanol–water partition coefficient (Wildman–Crippen LogP) is 3.18. The zero-order valence-electron chi connectivity index (χ0n) is 18.1. The van der Waals surface area contributed by atoms with Crippen molar-refractivity contribution in [3.05, 3.63) is 59.7 Å². The average molecular weight is 410 g/mol. The number of benzene rings is 2. The zero-order chi connectivity index (χ0) is 21.3. The van der Waals surface area contributed by atoms with Crippen molar-refractivity contribution < 1.29 is 14.3 Å². The molecule has 3 rings (SSSR count). The van der Waals surface area contributed by atoms with Crippen molar-refractivity contribution in [1.82, 2.24) is 10.2 Å². The van der Waals surface area contributed by atoms with Crippen LogP contribution in [-0.2, 0) is 11.3 Å². The number of ether oxygens (including phenoxy) is 2. The van der Waals surface area contributed by atoms with E-state index in [0.717, 1.165) is 37.3 Å². The maximum atomic E-state index is 12.4. The summed E-state index contributed by atoms with van der Waals surface area (Å²) in [6, 6.07) is 13.9. The summed E-state index contributed by atoms with van der Waals surface area (Å²) in [5.41, 5.74) is 3.32. The fourth-order valence-electron chi connectivity index (χ4n) is 3.50. The van der Waals surface area contributed by atoms with E-state index < -0.39 is 0 Å². The Morgan fingerprint density at radius 1 is 1.10 bits per heavy atom. The minimum atomic E-state index is -0.164. The molecule has 0 atom stereocenters. The Balaban J connectivity index is 1.56. The lowest BCUT2D eigenvalue weighted by atomic mass is 10.1. The van der Waals surface area contributed by atoms with Gasteiger partial charge in [-0.05, 0) is 43.3 Å². The van der Waals surface area contributed by atoms with E-state index in [2.05, 4.69) is 34.3 Å². The van der Waals surface area contributed by atoms with Crippen molar-refractivity contribution in [3.8, 4) is 11.5 Å². The number of methoxy groups -OCH3 is 1. The number of para-hydroxylation sites is 1. The molecule has 2 aromatic carbocycles. The van der Waals surface area contributed by atoms with Gasteiger partial charge in [-0.3, -0.25) is 4.79 Å². The quantitative estimate of drug-likeness (QED) is 0.726. The van der Waals surface area contributed by atoms with Crippen LogP contribution in [0.3, 0.4) is 0 Å². The molecule has 0 aliphatic carbocycles. The SMILES string of the molecule is C/C=C/c1ccc(OCC(=O)NCc2ccccc2N2CCN(C)CC2)c(OC)c1. The van der Waals surface area contributed by atoms with Gasteiger partial charge in [-0.2, -0.15) is 0 Å². The Labute approximate surface area is 179 Å². The number of rotatable bonds is 8. The number of hydrogen-bond donors (Lipinski definition) is 1. The molecule has 1 aliphatic rings. The molecule has 6 nitrogen and oxygen atoms in total. The smallest absolute Gasteiger partial charge is 0.258 e. The summed E-state index contributed by atoms with van der Waals surface area (Å²) in [6.07, 6.45) is 3.94. The van der Waals surface area contributed by atoms with Gasteiger partial charge in [0.2, 0.25) is 0 Å². The molecule has 2 aromatic rings. The average Bonchev–Trinajstić information content (AvgIpc) is 2.77. The van der Waals surface area contributed by atoms with Crippen LogP contribution in [-0.4, -0.2) is 57.8 Å². The molecule has 160 valence electrons. The number of nitrogens with zero attached hydrogens (tertiary/aromatic N) is 2. The Bertz CT molecular complexity index is 874. The summed E-state index contributed by atoms with van der Waals surface area (Å²) >= 11 is 0. The molecular weight excluding hydrogens is 378 g/mol. The third-order valence-electron chi connectivity index (χ3n) is 5.22. The molecule has 0 saturated carbocycles. The number of amides is 1. The number of piperazine rings is 1. The van der Waals surface area contributed by atoms with Crippen molar-refractivity contribution in [2.24, 2.45) is 0 Å². The lowest BCUT2D eigenvalue weighted by Crippen LogP contribution is -2.45. The number of hydrogen-bond acceptors (Lipinski definition) is 5. The normalized spacial score (nSPS) is 14.7. The number of carbonyl (C=O) groups is 1. The zero-order valence-corrected chi connectivity index (χ0v) is 18.1. The maximum Gasteiger partial charge on any atom is 0.258 e. The summed E-state index contributed by atoms with van der Waals surface area (Å²) in [5.74, 6) is 1.00. The molecule has 0 aromatic heterocycles. The number of likely N-dealkylation sites (N-methyl/N-ethyl adjacent to an activating group) is 1. The van der Waals surface area contributed by atoms with E-state index in [9.17, 15) is 4.79 Å². The first-order chi connectivity index (χ1) is 14.6. The molecule has 6 heteroatoms. The molecule has 1 saturated heterocycles. The number of carbonyl (C=O) groups excluding carboxylic acids is 1. The molecule has 1 aliphatic heterocycles. The van der Waals surface area contributed by atoms with Crippen LogP contribution in [0.4, 0.5) is 5.69 Å². The van der Waals surface area contributed by atoms with Crippen molar-refractivity contribution in [1.29, 1.82) is 0 Å². The van der Waals surface area contributed by atoms with E-state index in [4.69, 9.17) is 9.47 Å². The lowest BCUT2D eigenvalue weighted by molar-refractivity contribution is -0.123. The number of nitrogens with one attached hydrogen (secondary N) is 1. The summed E-state index contributed by atoms with van der Waals surface area (Å²) in [5, 5.41) is 2.97. The molecule has 30 heavy (non-hydrogen) atoms. The fourth-order valence-corrected chi connectivity index (χ4v) is 3.50. The minimum absolute atomic E-state index is 0.0595. The predicted molar refractivity (Wildman–Crippen MR) is 121 cm³/mol. The second-order valence-corrected chi connectivity index (χ2v) is 7.39. The summed E-state index contributed by atoms with van der Waals surface area (Å²) < 4.78 is 11.1. The van der Waals surface area contributed by atoms with Crippen LogP contribution in [0.1, 0.15) is 18.1 Å². The molecular formula is C24H31N3O3.